The van der Waals surface area contributed by atoms with Crippen LogP contribution in [0.5, 0.6) is 0 Å². The first kappa shape index (κ1) is 107. The third-order valence-corrected chi connectivity index (χ3v) is 28.8. The zero-order valence-corrected chi connectivity index (χ0v) is 91.7. The van der Waals surface area contributed by atoms with Gasteiger partial charge < -0.3 is 62.0 Å². The Labute approximate surface area is 892 Å². The number of amides is 4. The van der Waals surface area contributed by atoms with Crippen molar-refractivity contribution in [2.45, 2.75) is 196 Å². The molecule has 0 saturated carbocycles. The van der Waals surface area contributed by atoms with Crippen molar-refractivity contribution in [3.63, 3.8) is 0 Å². The number of aromatic carboxylic acids is 1. The van der Waals surface area contributed by atoms with E-state index in [2.05, 4.69) is 167 Å². The summed E-state index contributed by atoms with van der Waals surface area (Å²) < 4.78 is 39.2. The predicted molar refractivity (Wildman–Crippen MR) is 591 cm³/mol. The van der Waals surface area contributed by atoms with E-state index in [9.17, 15) is 33.5 Å². The Morgan fingerprint density at radius 1 is 0.340 bits per heavy atom. The van der Waals surface area contributed by atoms with Crippen LogP contribution in [0.4, 0.5) is 27.4 Å². The van der Waals surface area contributed by atoms with Gasteiger partial charge >= 0.3 is 5.97 Å². The standard InChI is InChI=1S/C30H30ClFN4O4.2C29H32ClN5O2.C29H31ClN4O2/c1-29(2,3)19-14-22(17-6-7-20(31)21(32)12-17)34-23-15-25(40-26(19)23)27(37)36-11-10-35(16-30(36,4)5)18-8-9-33-24(13-18)28(38)39;1-18-7-12-25(33-32-18)34-13-14-35(29(5,6)17-34)27(36)24-16-23-26(37-24)21(28(2,3)4)15-22(31-23)19-8-10-20(30)11-9-19;1-18-15-32-25(16-31-18)34-11-12-35(29(5,6)17-34)27(36)24-14-23-26(37-24)21(28(2,3)4)13-22(33-23)19-7-9-20(30)10-8-19;1-28(2,3)22-16-23(19-6-8-20(30)9-7-19)32-24-17-25(36-26(22)24)27(35)34-15-14-33(18-29(34,4)5)21-10-12-31-13-11-21/h6-9,12-15H,10-11,16H2,1-5H3,(H,38,39);7-12,15-16H,13-14,17H2,1-6H3;7-10,13-16H,11-12,17H2,1-6H3;6-13,16-17H,14-15,18H2,1-5H3. The lowest BCUT2D eigenvalue weighted by molar-refractivity contribution is 0.0475. The van der Waals surface area contributed by atoms with Gasteiger partial charge in [0.15, 0.2) is 51.2 Å². The molecule has 0 spiro atoms. The Morgan fingerprint density at radius 3 is 0.987 bits per heavy atom. The summed E-state index contributed by atoms with van der Waals surface area (Å²) in [5, 5.41) is 19.9. The maximum Gasteiger partial charge on any atom is 0.354 e. The van der Waals surface area contributed by atoms with E-state index in [1.807, 2.05) is 171 Å². The van der Waals surface area contributed by atoms with Crippen LogP contribution in [-0.4, -0.2) is 205 Å². The van der Waals surface area contributed by atoms with Crippen molar-refractivity contribution in [3.8, 4) is 45.0 Å². The fourth-order valence-corrected chi connectivity index (χ4v) is 20.2. The number of aryl methyl sites for hydroxylation is 2. The number of rotatable bonds is 13. The lowest BCUT2D eigenvalue weighted by atomic mass is 9.86. The first-order chi connectivity index (χ1) is 70.6. The van der Waals surface area contributed by atoms with Gasteiger partial charge in [-0.2, -0.15) is 5.10 Å². The van der Waals surface area contributed by atoms with E-state index >= 15 is 0 Å². The van der Waals surface area contributed by atoms with Gasteiger partial charge in [0.2, 0.25) is 0 Å². The molecule has 150 heavy (non-hydrogen) atoms. The minimum Gasteiger partial charge on any atom is -0.477 e. The van der Waals surface area contributed by atoms with E-state index in [1.165, 1.54) is 18.3 Å². The first-order valence-corrected chi connectivity index (χ1v) is 51.6. The van der Waals surface area contributed by atoms with Gasteiger partial charge in [-0.3, -0.25) is 29.1 Å². The number of carboxylic acid groups (broad SMARTS) is 1. The fourth-order valence-electron chi connectivity index (χ4n) is 19.7. The molecule has 4 saturated heterocycles. The number of nitrogens with zero attached hydrogens (tertiary/aromatic N) is 18. The molecular formula is C117H125Cl4FN18O10. The number of carboxylic acids is 1. The highest BCUT2D eigenvalue weighted by Crippen LogP contribution is 2.44. The second-order valence-electron chi connectivity index (χ2n) is 45.4. The van der Waals surface area contributed by atoms with Crippen molar-refractivity contribution >= 4 is 143 Å². The van der Waals surface area contributed by atoms with Crippen molar-refractivity contribution < 1.29 is 51.1 Å². The third-order valence-electron chi connectivity index (χ3n) is 27.8. The Bertz CT molecular complexity index is 7550. The summed E-state index contributed by atoms with van der Waals surface area (Å²) in [5.74, 6) is 0.482. The molecule has 1 N–H and O–H groups in total. The molecular weight excluding hydrogens is 1980 g/mol. The fraction of sp³-hybridized carbons (Fsp3) is 0.359. The largest absolute Gasteiger partial charge is 0.477 e. The maximum absolute atomic E-state index is 14.2. The number of hydrogen-bond acceptors (Lipinski definition) is 23. The normalized spacial score (nSPS) is 15.8. The summed E-state index contributed by atoms with van der Waals surface area (Å²) in [5.41, 5.74) is 16.2. The SMILES string of the molecule is CC(C)(C)c1cc(-c2ccc(Cl)c(F)c2)nc2cc(C(=O)N3CCN(c4ccnc(C(=O)O)c4)CC3(C)C)oc12.CC(C)(C)c1cc(-c2ccc(Cl)cc2)nc2cc(C(=O)N3CCN(c4ccncc4)CC3(C)C)oc12.Cc1ccc(N2CCN(C(=O)c3cc4nc(-c5ccc(Cl)cc5)cc(C(C)(C)C)c4o3)C(C)(C)C2)nn1.Cc1cnc(N2CCN(C(=O)c3cc4nc(-c5ccc(Cl)cc5)cc(C(C)(C)C)c4o3)C(C)(C)C2)cn1. The quantitative estimate of drug-likeness (QED) is 0.112. The molecule has 28 nitrogen and oxygen atoms in total. The molecule has 16 aromatic rings. The van der Waals surface area contributed by atoms with Crippen molar-refractivity contribution in [1.29, 1.82) is 0 Å². The Morgan fingerprint density at radius 2 is 0.667 bits per heavy atom. The number of carbonyl (C=O) groups is 5. The van der Waals surface area contributed by atoms with Crippen LogP contribution in [0.1, 0.15) is 225 Å². The molecule has 16 heterocycles. The van der Waals surface area contributed by atoms with E-state index in [1.54, 1.807) is 72.2 Å². The second kappa shape index (κ2) is 41.6. The molecule has 0 atom stereocenters. The molecule has 20 rings (SSSR count). The minimum absolute atomic E-state index is 0.0288. The van der Waals surface area contributed by atoms with E-state index in [0.29, 0.717) is 153 Å². The number of anilines is 4. The average Bonchev–Trinajstić information content (AvgIpc) is 1.83. The van der Waals surface area contributed by atoms with Gasteiger partial charge in [0.1, 0.15) is 39.4 Å². The highest BCUT2D eigenvalue weighted by Gasteiger charge is 2.45. The summed E-state index contributed by atoms with van der Waals surface area (Å²) in [6.07, 6.45) is 8.63. The van der Waals surface area contributed by atoms with Gasteiger partial charge in [0.25, 0.3) is 23.6 Å². The molecule has 4 aromatic carbocycles. The van der Waals surface area contributed by atoms with Gasteiger partial charge in [-0.05, 0) is 200 Å². The molecule has 12 aromatic heterocycles. The Balaban J connectivity index is 0.000000136. The van der Waals surface area contributed by atoms with Gasteiger partial charge in [-0.15, -0.1) is 5.10 Å². The lowest BCUT2D eigenvalue weighted by Crippen LogP contribution is -2.61. The van der Waals surface area contributed by atoms with E-state index in [-0.39, 0.29) is 67.3 Å². The molecule has 4 fully saturated rings. The average molecular weight is 2100 g/mol. The zero-order valence-electron chi connectivity index (χ0n) is 88.7. The van der Waals surface area contributed by atoms with Crippen molar-refractivity contribution in [3.05, 3.63) is 295 Å². The topological polar surface area (TPSA) is 313 Å². The summed E-state index contributed by atoms with van der Waals surface area (Å²) in [6, 6.07) is 53.7. The molecule has 0 unspecified atom stereocenters. The van der Waals surface area contributed by atoms with Crippen molar-refractivity contribution in [2.24, 2.45) is 0 Å². The Kier molecular flexibility index (Phi) is 29.7. The number of carbonyl (C=O) groups excluding carboxylic acids is 4. The lowest BCUT2D eigenvalue weighted by Gasteiger charge is -2.47. The summed E-state index contributed by atoms with van der Waals surface area (Å²) in [4.78, 5) is 119. The molecule has 33 heteroatoms. The van der Waals surface area contributed by atoms with E-state index in [0.717, 1.165) is 104 Å². The molecule has 4 amide bonds. The van der Waals surface area contributed by atoms with Crippen LogP contribution in [0.3, 0.4) is 0 Å². The molecule has 778 valence electrons. The highest BCUT2D eigenvalue weighted by molar-refractivity contribution is 6.31. The van der Waals surface area contributed by atoms with E-state index in [4.69, 9.17) is 84.0 Å². The summed E-state index contributed by atoms with van der Waals surface area (Å²) in [7, 11) is 0. The minimum atomic E-state index is -1.09. The van der Waals surface area contributed by atoms with E-state index < -0.39 is 28.4 Å². The molecule has 4 aliphatic heterocycles. The van der Waals surface area contributed by atoms with Gasteiger partial charge in [0, 0.05) is 192 Å². The van der Waals surface area contributed by atoms with Crippen LogP contribution < -0.4 is 19.6 Å². The molecule has 0 aliphatic carbocycles. The molecule has 0 bridgehead atoms. The number of halogens is 5. The van der Waals surface area contributed by atoms with Crippen LogP contribution in [-0.2, 0) is 21.7 Å². The molecule has 0 radical (unpaired) electrons. The number of piperazine rings is 4. The number of hydrogen-bond donors (Lipinski definition) is 1. The zero-order chi connectivity index (χ0) is 108. The summed E-state index contributed by atoms with van der Waals surface area (Å²) in [6.45, 7) is 52.7. The van der Waals surface area contributed by atoms with Crippen molar-refractivity contribution in [1.82, 2.24) is 69.7 Å². The highest BCUT2D eigenvalue weighted by atomic mass is 35.5. The smallest absolute Gasteiger partial charge is 0.354 e. The number of pyridine rings is 6. The molecule has 4 aliphatic rings. The van der Waals surface area contributed by atoms with Crippen molar-refractivity contribution in [2.75, 3.05) is 98.1 Å². The first-order valence-electron chi connectivity index (χ1n) is 50.1. The monoisotopic (exact) mass is 2100 g/mol. The maximum atomic E-state index is 14.2. The van der Waals surface area contributed by atoms with Crippen LogP contribution in [0.2, 0.25) is 20.1 Å². The summed E-state index contributed by atoms with van der Waals surface area (Å²) >= 11 is 24.2. The van der Waals surface area contributed by atoms with Gasteiger partial charge in [-0.25, -0.2) is 39.1 Å². The number of fused-ring (bicyclic) bond motifs is 4. The van der Waals surface area contributed by atoms with Crippen LogP contribution >= 0.6 is 46.4 Å². The van der Waals surface area contributed by atoms with Crippen LogP contribution in [0.25, 0.3) is 89.4 Å². The number of furan rings is 4. The second-order valence-corrected chi connectivity index (χ2v) is 47.1. The number of aromatic nitrogens is 10. The van der Waals surface area contributed by atoms with Gasteiger partial charge in [-0.1, -0.05) is 172 Å². The Hall–Kier alpha value is -14.3. The predicted octanol–water partition coefficient (Wildman–Crippen LogP) is 25.6. The van der Waals surface area contributed by atoms with Crippen LogP contribution in [0, 0.1) is 19.7 Å². The van der Waals surface area contributed by atoms with Gasteiger partial charge in [0.05, 0.1) is 73.7 Å². The van der Waals surface area contributed by atoms with Crippen LogP contribution in [0.15, 0.2) is 225 Å². The number of benzene rings is 4. The third kappa shape index (κ3) is 23.2.